The number of hydrogen-bond acceptors (Lipinski definition) is 4. The number of thiophene rings is 1. The minimum absolute atomic E-state index is 0.117. The third kappa shape index (κ3) is 3.33. The molecule has 1 aliphatic heterocycles. The van der Waals surface area contributed by atoms with Crippen molar-refractivity contribution in [3.63, 3.8) is 0 Å². The maximum Gasteiger partial charge on any atom is 0.272 e. The number of carbonyl (C=O) groups is 2. The van der Waals surface area contributed by atoms with Crippen molar-refractivity contribution in [2.24, 2.45) is 5.92 Å². The SMILES string of the molecule is COCCN1C(=O)c2cc3sccc3n2CC1(Cl)C(=O)NC1CCC(C)CC1. The number of amides is 2. The second-order valence-corrected chi connectivity index (χ2v) is 9.50. The van der Waals surface area contributed by atoms with Gasteiger partial charge in [-0.3, -0.25) is 9.59 Å². The number of methoxy groups -OCH3 is 1. The van der Waals surface area contributed by atoms with Crippen LogP contribution in [0.25, 0.3) is 10.2 Å². The fraction of sp³-hybridized carbons (Fsp3) is 0.600. The molecule has 0 bridgehead atoms. The first-order chi connectivity index (χ1) is 13.4. The summed E-state index contributed by atoms with van der Waals surface area (Å²) in [7, 11) is 1.58. The fourth-order valence-electron chi connectivity index (χ4n) is 4.27. The van der Waals surface area contributed by atoms with Gasteiger partial charge < -0.3 is 19.5 Å². The van der Waals surface area contributed by atoms with Crippen molar-refractivity contribution < 1.29 is 14.3 Å². The Hall–Kier alpha value is -1.57. The number of alkyl halides is 1. The number of ether oxygens (including phenoxy) is 1. The molecular weight excluding hydrogens is 398 g/mol. The highest BCUT2D eigenvalue weighted by Gasteiger charge is 2.50. The van der Waals surface area contributed by atoms with Crippen LogP contribution in [0.3, 0.4) is 0 Å². The van der Waals surface area contributed by atoms with Gasteiger partial charge in [-0.1, -0.05) is 18.5 Å². The largest absolute Gasteiger partial charge is 0.383 e. The van der Waals surface area contributed by atoms with Crippen molar-refractivity contribution >= 4 is 45.0 Å². The van der Waals surface area contributed by atoms with Crippen LogP contribution in [0.5, 0.6) is 0 Å². The summed E-state index contributed by atoms with van der Waals surface area (Å²) in [6.07, 6.45) is 4.11. The van der Waals surface area contributed by atoms with E-state index in [4.69, 9.17) is 16.3 Å². The molecule has 1 unspecified atom stereocenters. The molecule has 2 aromatic heterocycles. The standard InChI is InChI=1S/C20H26ClN3O3S/c1-13-3-5-14(6-4-13)22-19(26)20(21)12-23-15-7-10-28-17(15)11-16(23)18(25)24(20)8-9-27-2/h7,10-11,13-14H,3-6,8-9,12H2,1-2H3,(H,22,26). The van der Waals surface area contributed by atoms with Gasteiger partial charge in [-0.25, -0.2) is 0 Å². The summed E-state index contributed by atoms with van der Waals surface area (Å²) in [5.41, 5.74) is 1.53. The van der Waals surface area contributed by atoms with Crippen molar-refractivity contribution in [3.05, 3.63) is 23.2 Å². The summed E-state index contributed by atoms with van der Waals surface area (Å²) >= 11 is 8.52. The zero-order valence-electron chi connectivity index (χ0n) is 16.2. The average Bonchev–Trinajstić information content (AvgIpc) is 3.26. The molecule has 4 rings (SSSR count). The quantitative estimate of drug-likeness (QED) is 0.591. The van der Waals surface area contributed by atoms with E-state index in [1.165, 1.54) is 4.90 Å². The minimum Gasteiger partial charge on any atom is -0.383 e. The van der Waals surface area contributed by atoms with Crippen molar-refractivity contribution in [3.8, 4) is 0 Å². The van der Waals surface area contributed by atoms with E-state index in [1.807, 2.05) is 22.1 Å². The Bertz CT molecular complexity index is 887. The van der Waals surface area contributed by atoms with Crippen LogP contribution in [0.1, 0.15) is 43.1 Å². The molecule has 2 aromatic rings. The molecule has 8 heteroatoms. The van der Waals surface area contributed by atoms with E-state index in [2.05, 4.69) is 12.2 Å². The van der Waals surface area contributed by atoms with Gasteiger partial charge in [-0.05, 0) is 49.1 Å². The lowest BCUT2D eigenvalue weighted by Crippen LogP contribution is -2.64. The van der Waals surface area contributed by atoms with Crippen LogP contribution < -0.4 is 5.32 Å². The van der Waals surface area contributed by atoms with E-state index >= 15 is 0 Å². The Kier molecular flexibility index (Phi) is 5.42. The topological polar surface area (TPSA) is 63.6 Å². The smallest absolute Gasteiger partial charge is 0.272 e. The van der Waals surface area contributed by atoms with Crippen LogP contribution in [0.15, 0.2) is 17.5 Å². The lowest BCUT2D eigenvalue weighted by molar-refractivity contribution is -0.130. The van der Waals surface area contributed by atoms with Crippen molar-refractivity contribution in [1.29, 1.82) is 0 Å². The van der Waals surface area contributed by atoms with Crippen molar-refractivity contribution in [1.82, 2.24) is 14.8 Å². The number of halogens is 1. The third-order valence-electron chi connectivity index (χ3n) is 6.00. The van der Waals surface area contributed by atoms with Gasteiger partial charge in [-0.15, -0.1) is 11.3 Å². The summed E-state index contributed by atoms with van der Waals surface area (Å²) in [6.45, 7) is 3.07. The van der Waals surface area contributed by atoms with E-state index in [9.17, 15) is 9.59 Å². The van der Waals surface area contributed by atoms with Crippen LogP contribution in [0, 0.1) is 5.92 Å². The molecule has 1 N–H and O–H groups in total. The highest BCUT2D eigenvalue weighted by atomic mass is 35.5. The van der Waals surface area contributed by atoms with Gasteiger partial charge in [0.15, 0.2) is 0 Å². The highest BCUT2D eigenvalue weighted by Crippen LogP contribution is 2.37. The minimum atomic E-state index is -1.46. The molecule has 2 aliphatic rings. The number of fused-ring (bicyclic) bond motifs is 3. The predicted molar refractivity (Wildman–Crippen MR) is 111 cm³/mol. The number of nitrogens with zero attached hydrogens (tertiary/aromatic N) is 2. The molecule has 0 saturated heterocycles. The van der Waals surface area contributed by atoms with Crippen LogP contribution >= 0.6 is 22.9 Å². The molecule has 1 saturated carbocycles. The molecule has 0 radical (unpaired) electrons. The summed E-state index contributed by atoms with van der Waals surface area (Å²) in [4.78, 5) is 26.6. The molecule has 3 heterocycles. The average molecular weight is 424 g/mol. The Labute approximate surface area is 173 Å². The summed E-state index contributed by atoms with van der Waals surface area (Å²) in [5, 5.41) is 5.11. The van der Waals surface area contributed by atoms with E-state index in [0.717, 1.165) is 35.9 Å². The molecule has 1 fully saturated rings. The molecule has 28 heavy (non-hydrogen) atoms. The maximum atomic E-state index is 13.3. The third-order valence-corrected chi connectivity index (χ3v) is 7.35. The lowest BCUT2D eigenvalue weighted by atomic mass is 9.87. The first kappa shape index (κ1) is 19.7. The van der Waals surface area contributed by atoms with Crippen LogP contribution in [0.2, 0.25) is 0 Å². The molecule has 0 aromatic carbocycles. The Balaban J connectivity index is 1.64. The number of aromatic nitrogens is 1. The van der Waals surface area contributed by atoms with E-state index < -0.39 is 5.00 Å². The maximum absolute atomic E-state index is 13.3. The van der Waals surface area contributed by atoms with E-state index in [0.29, 0.717) is 18.2 Å². The summed E-state index contributed by atoms with van der Waals surface area (Å²) in [5.74, 6) is 0.178. The Morgan fingerprint density at radius 1 is 1.39 bits per heavy atom. The Morgan fingerprint density at radius 2 is 2.14 bits per heavy atom. The molecule has 2 amide bonds. The zero-order valence-corrected chi connectivity index (χ0v) is 17.8. The normalized spacial score (nSPS) is 27.8. The number of carbonyl (C=O) groups excluding carboxylic acids is 2. The van der Waals surface area contributed by atoms with Crippen molar-refractivity contribution in [2.45, 2.75) is 50.2 Å². The second-order valence-electron chi connectivity index (χ2n) is 7.92. The predicted octanol–water partition coefficient (Wildman–Crippen LogP) is 3.44. The van der Waals surface area contributed by atoms with Gasteiger partial charge in [0.2, 0.25) is 5.00 Å². The van der Waals surface area contributed by atoms with Gasteiger partial charge in [0, 0.05) is 19.7 Å². The molecule has 1 aliphatic carbocycles. The van der Waals surface area contributed by atoms with E-state index in [1.54, 1.807) is 18.4 Å². The monoisotopic (exact) mass is 423 g/mol. The molecule has 1 atom stereocenters. The first-order valence-electron chi connectivity index (χ1n) is 9.81. The molecular formula is C20H26ClN3O3S. The number of nitrogens with one attached hydrogen (secondary N) is 1. The summed E-state index contributed by atoms with van der Waals surface area (Å²) < 4.78 is 8.08. The zero-order chi connectivity index (χ0) is 19.9. The van der Waals surface area contributed by atoms with Crippen LogP contribution in [-0.4, -0.2) is 52.6 Å². The van der Waals surface area contributed by atoms with Crippen LogP contribution in [-0.2, 0) is 16.1 Å². The van der Waals surface area contributed by atoms with Gasteiger partial charge in [0.25, 0.3) is 11.8 Å². The lowest BCUT2D eigenvalue weighted by Gasteiger charge is -2.43. The molecule has 0 spiro atoms. The second kappa shape index (κ2) is 7.69. The van der Waals surface area contributed by atoms with Gasteiger partial charge in [-0.2, -0.15) is 0 Å². The van der Waals surface area contributed by atoms with Gasteiger partial charge in [0.1, 0.15) is 5.69 Å². The summed E-state index contributed by atoms with van der Waals surface area (Å²) in [6, 6.07) is 3.98. The van der Waals surface area contributed by atoms with Gasteiger partial charge >= 0.3 is 0 Å². The molecule has 152 valence electrons. The number of rotatable bonds is 5. The fourth-order valence-corrected chi connectivity index (χ4v) is 5.43. The van der Waals surface area contributed by atoms with Crippen LogP contribution in [0.4, 0.5) is 0 Å². The van der Waals surface area contributed by atoms with Gasteiger partial charge in [0.05, 0.1) is 23.4 Å². The van der Waals surface area contributed by atoms with E-state index in [-0.39, 0.29) is 30.9 Å². The Morgan fingerprint density at radius 3 is 2.86 bits per heavy atom. The molecule has 6 nitrogen and oxygen atoms in total. The van der Waals surface area contributed by atoms with Crippen molar-refractivity contribution in [2.75, 3.05) is 20.3 Å². The highest BCUT2D eigenvalue weighted by molar-refractivity contribution is 7.17. The number of hydrogen-bond donors (Lipinski definition) is 1. The first-order valence-corrected chi connectivity index (χ1v) is 11.1.